The highest BCUT2D eigenvalue weighted by Crippen LogP contribution is 2.30. The van der Waals surface area contributed by atoms with Crippen molar-refractivity contribution in [2.45, 2.75) is 33.2 Å². The number of ether oxygens (including phenoxy) is 2. The average Bonchev–Trinajstić information content (AvgIpc) is 3.22. The number of rotatable bonds is 8. The molecule has 1 aromatic heterocycles. The number of nitrogens with zero attached hydrogens (tertiary/aromatic N) is 3. The number of hydrogen-bond acceptors (Lipinski definition) is 5. The number of methoxy groups -OCH3 is 1. The van der Waals surface area contributed by atoms with Crippen molar-refractivity contribution in [1.29, 1.82) is 0 Å². The molecular formula is C25H32N4O3. The largest absolute Gasteiger partial charge is 0.494 e. The van der Waals surface area contributed by atoms with Crippen LogP contribution in [0, 0.1) is 0 Å². The van der Waals surface area contributed by atoms with Crippen molar-refractivity contribution >= 4 is 22.5 Å². The van der Waals surface area contributed by atoms with E-state index in [0.29, 0.717) is 12.2 Å². The molecule has 7 heteroatoms. The predicted molar refractivity (Wildman–Crippen MR) is 127 cm³/mol. The lowest BCUT2D eigenvalue weighted by Crippen LogP contribution is -2.38. The summed E-state index contributed by atoms with van der Waals surface area (Å²) in [6.45, 7) is 9.07. The standard InChI is InChI=1S/C25H32N4O3/c1-4-18-8-6-9-19(5-2)22(18)26-25(30)23-20-10-7-11-21(31-3)24(20)29(27-23)13-12-28-14-16-32-17-15-28/h6-11H,4-5,12-17H2,1-3H3,(H,26,30). The van der Waals surface area contributed by atoms with Crippen molar-refractivity contribution in [3.8, 4) is 5.75 Å². The minimum atomic E-state index is -0.191. The number of aromatic nitrogens is 2. The van der Waals surface area contributed by atoms with Crippen LogP contribution in [0.4, 0.5) is 5.69 Å². The molecule has 2 heterocycles. The van der Waals surface area contributed by atoms with Gasteiger partial charge in [0.25, 0.3) is 5.91 Å². The number of aryl methyl sites for hydroxylation is 2. The molecule has 170 valence electrons. The molecule has 1 fully saturated rings. The third-order valence-electron chi connectivity index (χ3n) is 6.14. The molecule has 0 aliphatic carbocycles. The van der Waals surface area contributed by atoms with Gasteiger partial charge in [0, 0.05) is 30.7 Å². The summed E-state index contributed by atoms with van der Waals surface area (Å²) in [6, 6.07) is 11.9. The minimum Gasteiger partial charge on any atom is -0.494 e. The molecule has 4 rings (SSSR count). The first-order chi connectivity index (χ1) is 15.7. The Morgan fingerprint density at radius 3 is 2.41 bits per heavy atom. The highest BCUT2D eigenvalue weighted by Gasteiger charge is 2.22. The zero-order chi connectivity index (χ0) is 22.5. The van der Waals surface area contributed by atoms with E-state index < -0.39 is 0 Å². The smallest absolute Gasteiger partial charge is 0.276 e. The summed E-state index contributed by atoms with van der Waals surface area (Å²) in [5.74, 6) is 0.531. The molecule has 1 aliphatic rings. The Morgan fingerprint density at radius 1 is 1.06 bits per heavy atom. The minimum absolute atomic E-state index is 0.191. The molecule has 1 N–H and O–H groups in total. The van der Waals surface area contributed by atoms with Crippen LogP contribution in [0.25, 0.3) is 10.9 Å². The van der Waals surface area contributed by atoms with Gasteiger partial charge < -0.3 is 14.8 Å². The van der Waals surface area contributed by atoms with Crippen LogP contribution in [0.3, 0.4) is 0 Å². The normalized spacial score (nSPS) is 14.6. The second kappa shape index (κ2) is 10.1. The lowest BCUT2D eigenvalue weighted by atomic mass is 10.0. The van der Waals surface area contributed by atoms with Crippen molar-refractivity contribution in [3.05, 3.63) is 53.2 Å². The number of carbonyl (C=O) groups is 1. The van der Waals surface area contributed by atoms with Gasteiger partial charge >= 0.3 is 0 Å². The molecule has 1 amide bonds. The zero-order valence-electron chi connectivity index (χ0n) is 19.2. The third-order valence-corrected chi connectivity index (χ3v) is 6.14. The number of benzene rings is 2. The molecule has 3 aromatic rings. The number of para-hydroxylation sites is 2. The Hall–Kier alpha value is -2.90. The molecule has 0 bridgehead atoms. The number of nitrogens with one attached hydrogen (secondary N) is 1. The Morgan fingerprint density at radius 2 is 1.75 bits per heavy atom. The van der Waals surface area contributed by atoms with Gasteiger partial charge in [-0.1, -0.05) is 44.2 Å². The maximum Gasteiger partial charge on any atom is 0.276 e. The highest BCUT2D eigenvalue weighted by atomic mass is 16.5. The predicted octanol–water partition coefficient (Wildman–Crippen LogP) is 3.75. The van der Waals surface area contributed by atoms with E-state index in [0.717, 1.165) is 79.2 Å². The summed E-state index contributed by atoms with van der Waals surface area (Å²) in [6.07, 6.45) is 1.71. The molecule has 1 aliphatic heterocycles. The fourth-order valence-electron chi connectivity index (χ4n) is 4.34. The summed E-state index contributed by atoms with van der Waals surface area (Å²) in [4.78, 5) is 15.8. The molecule has 0 saturated carbocycles. The van der Waals surface area contributed by atoms with Crippen LogP contribution in [0.2, 0.25) is 0 Å². The van der Waals surface area contributed by atoms with Gasteiger partial charge in [0.05, 0.1) is 26.9 Å². The maximum atomic E-state index is 13.4. The van der Waals surface area contributed by atoms with Crippen LogP contribution in [0.5, 0.6) is 5.75 Å². The number of hydrogen-bond donors (Lipinski definition) is 1. The van der Waals surface area contributed by atoms with E-state index in [1.807, 2.05) is 28.9 Å². The topological polar surface area (TPSA) is 68.6 Å². The molecule has 0 radical (unpaired) electrons. The Bertz CT molecular complexity index is 1060. The fraction of sp³-hybridized carbons (Fsp3) is 0.440. The van der Waals surface area contributed by atoms with Gasteiger partial charge in [0.15, 0.2) is 5.69 Å². The zero-order valence-corrected chi connectivity index (χ0v) is 19.2. The molecule has 0 unspecified atom stereocenters. The molecule has 0 atom stereocenters. The SMILES string of the molecule is CCc1cccc(CC)c1NC(=O)c1nn(CCN2CCOCC2)c2c(OC)cccc12. The van der Waals surface area contributed by atoms with E-state index in [2.05, 4.69) is 36.2 Å². The molecular weight excluding hydrogens is 404 g/mol. The highest BCUT2D eigenvalue weighted by molar-refractivity contribution is 6.12. The Labute approximate surface area is 189 Å². The van der Waals surface area contributed by atoms with Crippen molar-refractivity contribution in [3.63, 3.8) is 0 Å². The van der Waals surface area contributed by atoms with E-state index in [4.69, 9.17) is 14.6 Å². The lowest BCUT2D eigenvalue weighted by Gasteiger charge is -2.26. The van der Waals surface area contributed by atoms with Gasteiger partial charge in [-0.2, -0.15) is 5.10 Å². The van der Waals surface area contributed by atoms with E-state index in [-0.39, 0.29) is 5.91 Å². The number of fused-ring (bicyclic) bond motifs is 1. The quantitative estimate of drug-likeness (QED) is 0.582. The van der Waals surface area contributed by atoms with Crippen molar-refractivity contribution in [2.24, 2.45) is 0 Å². The Kier molecular flexibility index (Phi) is 7.07. The van der Waals surface area contributed by atoms with Crippen molar-refractivity contribution < 1.29 is 14.3 Å². The first-order valence-corrected chi connectivity index (χ1v) is 11.4. The van der Waals surface area contributed by atoms with Crippen LogP contribution in [-0.4, -0.2) is 60.5 Å². The van der Waals surface area contributed by atoms with E-state index in [1.165, 1.54) is 0 Å². The van der Waals surface area contributed by atoms with Gasteiger partial charge in [-0.25, -0.2) is 0 Å². The van der Waals surface area contributed by atoms with Crippen LogP contribution in [0.1, 0.15) is 35.5 Å². The summed E-state index contributed by atoms with van der Waals surface area (Å²) in [5, 5.41) is 8.72. The van der Waals surface area contributed by atoms with Crippen molar-refractivity contribution in [2.75, 3.05) is 45.3 Å². The summed E-state index contributed by atoms with van der Waals surface area (Å²) in [5.41, 5.74) is 4.45. The number of amides is 1. The van der Waals surface area contributed by atoms with E-state index in [1.54, 1.807) is 7.11 Å². The second-order valence-electron chi connectivity index (χ2n) is 7.99. The maximum absolute atomic E-state index is 13.4. The van der Waals surface area contributed by atoms with Crippen LogP contribution >= 0.6 is 0 Å². The molecule has 1 saturated heterocycles. The monoisotopic (exact) mass is 436 g/mol. The first-order valence-electron chi connectivity index (χ1n) is 11.4. The van der Waals surface area contributed by atoms with Gasteiger partial charge in [0.1, 0.15) is 11.3 Å². The van der Waals surface area contributed by atoms with E-state index >= 15 is 0 Å². The Balaban J connectivity index is 1.67. The van der Waals surface area contributed by atoms with E-state index in [9.17, 15) is 4.79 Å². The third kappa shape index (κ3) is 4.49. The summed E-state index contributed by atoms with van der Waals surface area (Å²) < 4.78 is 13.0. The van der Waals surface area contributed by atoms with Gasteiger partial charge in [-0.05, 0) is 30.0 Å². The fourth-order valence-corrected chi connectivity index (χ4v) is 4.34. The molecule has 2 aromatic carbocycles. The van der Waals surface area contributed by atoms with Crippen LogP contribution < -0.4 is 10.1 Å². The first kappa shape index (κ1) is 22.3. The summed E-state index contributed by atoms with van der Waals surface area (Å²) >= 11 is 0. The van der Waals surface area contributed by atoms with Gasteiger partial charge in [0.2, 0.25) is 0 Å². The number of anilines is 1. The van der Waals surface area contributed by atoms with Gasteiger partial charge in [-0.3, -0.25) is 14.4 Å². The lowest BCUT2D eigenvalue weighted by molar-refractivity contribution is 0.0361. The average molecular weight is 437 g/mol. The number of morpholine rings is 1. The summed E-state index contributed by atoms with van der Waals surface area (Å²) in [7, 11) is 1.65. The molecule has 0 spiro atoms. The molecule has 7 nitrogen and oxygen atoms in total. The van der Waals surface area contributed by atoms with Crippen molar-refractivity contribution in [1.82, 2.24) is 14.7 Å². The molecule has 32 heavy (non-hydrogen) atoms. The van der Waals surface area contributed by atoms with Crippen LogP contribution in [-0.2, 0) is 24.1 Å². The second-order valence-corrected chi connectivity index (χ2v) is 7.99. The van der Waals surface area contributed by atoms with Gasteiger partial charge in [-0.15, -0.1) is 0 Å². The number of carbonyl (C=O) groups excluding carboxylic acids is 1. The van der Waals surface area contributed by atoms with Crippen LogP contribution in [0.15, 0.2) is 36.4 Å².